The molecule has 8 aliphatic carbocycles. The van der Waals surface area contributed by atoms with Gasteiger partial charge in [0.15, 0.2) is 24.7 Å². The van der Waals surface area contributed by atoms with Gasteiger partial charge >= 0.3 is 11.9 Å². The second-order valence-corrected chi connectivity index (χ2v) is 19.6. The minimum absolute atomic E-state index is 0.0546. The van der Waals surface area contributed by atoms with Crippen molar-refractivity contribution >= 4 is 23.7 Å². The zero-order chi connectivity index (χ0) is 36.3. The lowest BCUT2D eigenvalue weighted by molar-refractivity contribution is -0.300. The van der Waals surface area contributed by atoms with Crippen LogP contribution in [0.4, 0.5) is 0 Å². The summed E-state index contributed by atoms with van der Waals surface area (Å²) in [7, 11) is 0. The van der Waals surface area contributed by atoms with Gasteiger partial charge < -0.3 is 28.4 Å². The number of carbonyl (C=O) groups is 2. The van der Waals surface area contributed by atoms with Gasteiger partial charge in [0, 0.05) is 16.0 Å². The van der Waals surface area contributed by atoms with Gasteiger partial charge in [-0.15, -0.1) is 0 Å². The molecule has 284 valence electrons. The normalized spacial score (nSPS) is 42.6. The Bertz CT molecular complexity index is 1740. The Morgan fingerprint density at radius 2 is 1.13 bits per heavy atom. The smallest absolute Gasteiger partial charge is 0.344 e. The van der Waals surface area contributed by atoms with Crippen molar-refractivity contribution < 1.29 is 38.0 Å². The van der Waals surface area contributed by atoms with E-state index in [2.05, 4.69) is 39.8 Å². The van der Waals surface area contributed by atoms with Gasteiger partial charge in [-0.1, -0.05) is 30.0 Å². The first-order valence-electron chi connectivity index (χ1n) is 20.5. The highest BCUT2D eigenvalue weighted by Crippen LogP contribution is 2.61. The predicted molar refractivity (Wildman–Crippen MR) is 198 cm³/mol. The molecule has 1 spiro atoms. The van der Waals surface area contributed by atoms with Gasteiger partial charge in [0.05, 0.1) is 17.1 Å². The summed E-state index contributed by atoms with van der Waals surface area (Å²) in [6.07, 6.45) is 12.5. The van der Waals surface area contributed by atoms with Crippen LogP contribution in [0.3, 0.4) is 0 Å². The van der Waals surface area contributed by atoms with Crippen molar-refractivity contribution in [2.75, 3.05) is 13.2 Å². The number of fused-ring (bicyclic) bond motifs is 4. The number of hydrogen-bond acceptors (Lipinski definition) is 9. The summed E-state index contributed by atoms with van der Waals surface area (Å²) in [5.74, 6) is 3.62. The molecule has 53 heavy (non-hydrogen) atoms. The molecule has 2 aromatic carbocycles. The van der Waals surface area contributed by atoms with E-state index in [4.69, 9.17) is 28.4 Å². The SMILES string of the molecule is CC1CC(C)OC2(O1)c1ccccc1Sc1c2ccc(OCC(=O)OC2(C)C3CC4CC(C3)CC2C4)c1OCC(=O)OC1(C)C2CC3CC(C2)CC1C3. The minimum Gasteiger partial charge on any atom is -0.478 e. The van der Waals surface area contributed by atoms with Crippen molar-refractivity contribution in [3.05, 3.63) is 47.5 Å². The maximum atomic E-state index is 13.8. The Balaban J connectivity index is 0.940. The van der Waals surface area contributed by atoms with Crippen molar-refractivity contribution in [2.24, 2.45) is 47.3 Å². The molecule has 0 amide bonds. The van der Waals surface area contributed by atoms with Crippen molar-refractivity contribution in [2.45, 2.75) is 137 Å². The number of esters is 2. The van der Waals surface area contributed by atoms with Gasteiger partial charge in [0.2, 0.25) is 5.79 Å². The lowest BCUT2D eigenvalue weighted by Gasteiger charge is -2.59. The molecule has 2 aromatic rings. The Morgan fingerprint density at radius 1 is 0.642 bits per heavy atom. The molecular weight excluding hydrogens is 689 g/mol. The first-order chi connectivity index (χ1) is 25.5. The Morgan fingerprint density at radius 3 is 1.66 bits per heavy atom. The molecule has 0 radical (unpaired) electrons. The largest absolute Gasteiger partial charge is 0.478 e. The highest BCUT2D eigenvalue weighted by molar-refractivity contribution is 7.99. The molecule has 2 unspecified atom stereocenters. The van der Waals surface area contributed by atoms with Gasteiger partial charge in [0.25, 0.3) is 0 Å². The van der Waals surface area contributed by atoms with Crippen LogP contribution in [-0.4, -0.2) is 48.6 Å². The fourth-order valence-corrected chi connectivity index (χ4v) is 14.3. The maximum Gasteiger partial charge on any atom is 0.344 e. The third kappa shape index (κ3) is 5.67. The van der Waals surface area contributed by atoms with Crippen LogP contribution in [0.2, 0.25) is 0 Å². The van der Waals surface area contributed by atoms with Crippen LogP contribution in [-0.2, 0) is 34.3 Å². The fraction of sp³-hybridized carbons (Fsp3) is 0.682. The van der Waals surface area contributed by atoms with E-state index in [1.807, 2.05) is 24.3 Å². The Hall–Kier alpha value is -2.75. The summed E-state index contributed by atoms with van der Waals surface area (Å²) in [5, 5.41) is 0. The first-order valence-corrected chi connectivity index (χ1v) is 21.3. The minimum atomic E-state index is -1.16. The second-order valence-electron chi connectivity index (χ2n) is 18.6. The van der Waals surface area contributed by atoms with Crippen LogP contribution in [0, 0.1) is 47.3 Å². The number of rotatable bonds is 8. The summed E-state index contributed by atoms with van der Waals surface area (Å²) in [4.78, 5) is 29.1. The first kappa shape index (κ1) is 34.7. The second kappa shape index (κ2) is 12.6. The monoisotopic (exact) mass is 742 g/mol. The zero-order valence-corrected chi connectivity index (χ0v) is 32.4. The summed E-state index contributed by atoms with van der Waals surface area (Å²) in [6, 6.07) is 11.9. The van der Waals surface area contributed by atoms with E-state index in [0.717, 1.165) is 102 Å². The predicted octanol–water partition coefficient (Wildman–Crippen LogP) is 8.84. The van der Waals surface area contributed by atoms with Gasteiger partial charge in [-0.3, -0.25) is 0 Å². The average molecular weight is 743 g/mol. The van der Waals surface area contributed by atoms with E-state index in [-0.39, 0.29) is 37.4 Å². The summed E-state index contributed by atoms with van der Waals surface area (Å²) >= 11 is 1.54. The van der Waals surface area contributed by atoms with Crippen LogP contribution in [0.5, 0.6) is 11.5 Å². The van der Waals surface area contributed by atoms with E-state index < -0.39 is 17.0 Å². The van der Waals surface area contributed by atoms with E-state index in [0.29, 0.717) is 35.2 Å². The van der Waals surface area contributed by atoms with Gasteiger partial charge in [-0.25, -0.2) is 9.59 Å². The molecule has 9 heteroatoms. The van der Waals surface area contributed by atoms with Crippen molar-refractivity contribution in [1.29, 1.82) is 0 Å². The van der Waals surface area contributed by atoms with E-state index in [9.17, 15) is 9.59 Å². The number of hydrogen-bond donors (Lipinski definition) is 0. The molecule has 2 aliphatic heterocycles. The van der Waals surface area contributed by atoms with E-state index in [1.54, 1.807) is 11.8 Å². The molecule has 10 aliphatic rings. The lowest BCUT2D eigenvalue weighted by atomic mass is 9.50. The molecule has 0 aromatic heterocycles. The number of ether oxygens (including phenoxy) is 6. The highest BCUT2D eigenvalue weighted by Gasteiger charge is 2.58. The molecule has 2 heterocycles. The quantitative estimate of drug-likeness (QED) is 0.246. The van der Waals surface area contributed by atoms with E-state index >= 15 is 0 Å². The van der Waals surface area contributed by atoms with Gasteiger partial charge in [0.1, 0.15) is 11.2 Å². The van der Waals surface area contributed by atoms with Gasteiger partial charge in [-0.05, 0) is 164 Å². The van der Waals surface area contributed by atoms with Crippen molar-refractivity contribution in [3.63, 3.8) is 0 Å². The molecule has 12 rings (SSSR count). The van der Waals surface area contributed by atoms with Crippen molar-refractivity contribution in [1.82, 2.24) is 0 Å². The molecule has 9 fully saturated rings. The highest BCUT2D eigenvalue weighted by atomic mass is 32.2. The summed E-state index contributed by atoms with van der Waals surface area (Å²) in [5.41, 5.74) is 0.828. The molecule has 2 atom stereocenters. The molecule has 0 N–H and O–H groups in total. The van der Waals surface area contributed by atoms with Crippen LogP contribution in [0.1, 0.15) is 109 Å². The topological polar surface area (TPSA) is 89.5 Å². The van der Waals surface area contributed by atoms with Crippen LogP contribution < -0.4 is 9.47 Å². The Kier molecular flexibility index (Phi) is 8.28. The zero-order valence-electron chi connectivity index (χ0n) is 31.6. The lowest BCUT2D eigenvalue weighted by Crippen LogP contribution is -2.58. The third-order valence-electron chi connectivity index (χ3n) is 15.1. The molecular formula is C44H54O8S. The molecule has 8 bridgehead atoms. The molecule has 1 saturated heterocycles. The van der Waals surface area contributed by atoms with Crippen LogP contribution in [0.25, 0.3) is 0 Å². The maximum absolute atomic E-state index is 13.8. The van der Waals surface area contributed by atoms with Crippen molar-refractivity contribution in [3.8, 4) is 11.5 Å². The summed E-state index contributed by atoms with van der Waals surface area (Å²) < 4.78 is 39.2. The van der Waals surface area contributed by atoms with Gasteiger partial charge in [-0.2, -0.15) is 0 Å². The molecule has 8 nitrogen and oxygen atoms in total. The van der Waals surface area contributed by atoms with E-state index in [1.165, 1.54) is 12.8 Å². The molecule has 8 saturated carbocycles. The number of benzene rings is 2. The standard InChI is InChI=1S/C44H54O8S/c1-24-11-25(2)50-44(49-24)34-7-5-6-8-37(34)53-41-35(44)9-10-36(47-22-38(45)51-42(3)30-14-26-12-27(16-30)17-31(42)15-26)40(41)48-23-39(46)52-43(4)32-18-28-13-29(20-32)21-33(43)19-28/h5-10,24-33H,11-23H2,1-4H3. The Labute approximate surface area is 317 Å². The third-order valence-corrected chi connectivity index (χ3v) is 16.3. The summed E-state index contributed by atoms with van der Waals surface area (Å²) in [6.45, 7) is 7.95. The average Bonchev–Trinajstić information content (AvgIpc) is 3.10. The number of carbonyl (C=O) groups excluding carboxylic acids is 2. The van der Waals surface area contributed by atoms with Crippen LogP contribution in [0.15, 0.2) is 46.2 Å². The fourth-order valence-electron chi connectivity index (χ4n) is 13.0. The van der Waals surface area contributed by atoms with Crippen LogP contribution >= 0.6 is 11.8 Å².